The fourth-order valence-corrected chi connectivity index (χ4v) is 1.11. The first-order valence-corrected chi connectivity index (χ1v) is 4.63. The van der Waals surface area contributed by atoms with Crippen molar-refractivity contribution in [3.63, 3.8) is 0 Å². The Labute approximate surface area is 114 Å². The second-order valence-corrected chi connectivity index (χ2v) is 4.52. The van der Waals surface area contributed by atoms with Crippen LogP contribution in [0.2, 0.25) is 0 Å². The number of rotatable bonds is 5. The monoisotopic (exact) mass is 324 g/mol. The quantitative estimate of drug-likeness (QED) is 0.790. The minimum Gasteiger partial charge on any atom is -0.481 e. The van der Waals surface area contributed by atoms with Gasteiger partial charge < -0.3 is 5.11 Å². The molecule has 0 aliphatic carbocycles. The summed E-state index contributed by atoms with van der Waals surface area (Å²) >= 11 is 0. The number of carbonyl (C=O) groups is 1. The maximum absolute atomic E-state index is 10.2. The summed E-state index contributed by atoms with van der Waals surface area (Å²) in [6.45, 7) is 6.64. The Morgan fingerprint density at radius 2 is 1.69 bits per heavy atom. The van der Waals surface area contributed by atoms with Gasteiger partial charge in [0.2, 0.25) is 0 Å². The molecule has 0 saturated carbocycles. The normalized spacial score (nSPS) is 10.7. The van der Waals surface area contributed by atoms with Gasteiger partial charge in [0.15, 0.2) is 0 Å². The average molecular weight is 323 g/mol. The van der Waals surface area contributed by atoms with E-state index in [0.29, 0.717) is 11.8 Å². The van der Waals surface area contributed by atoms with E-state index in [1.54, 1.807) is 0 Å². The van der Waals surface area contributed by atoms with Crippen molar-refractivity contribution in [2.24, 2.45) is 5.41 Å². The van der Waals surface area contributed by atoms with Crippen LogP contribution in [0, 0.1) is 45.8 Å². The van der Waals surface area contributed by atoms with Crippen molar-refractivity contribution in [2.75, 3.05) is 0 Å². The average Bonchev–Trinajstić information content (AvgIpc) is 1.83. The third-order valence-electron chi connectivity index (χ3n) is 1.82. The van der Waals surface area contributed by atoms with E-state index < -0.39 is 5.97 Å². The Hall–Kier alpha value is 0.808. The first-order chi connectivity index (χ1) is 5.42. The van der Waals surface area contributed by atoms with Crippen molar-refractivity contribution in [2.45, 2.75) is 52.9 Å². The van der Waals surface area contributed by atoms with Crippen LogP contribution in [0.1, 0.15) is 52.9 Å². The molecule has 3 heteroatoms. The van der Waals surface area contributed by atoms with E-state index in [2.05, 4.69) is 20.8 Å². The molecule has 0 bridgehead atoms. The van der Waals surface area contributed by atoms with Crippen molar-refractivity contribution in [3.05, 3.63) is 0 Å². The van der Waals surface area contributed by atoms with Crippen LogP contribution in [-0.4, -0.2) is 11.1 Å². The molecule has 0 aromatic rings. The molecule has 0 saturated heterocycles. The minimum absolute atomic E-state index is 0. The van der Waals surface area contributed by atoms with Gasteiger partial charge in [-0.05, 0) is 18.3 Å². The minimum atomic E-state index is -0.675. The van der Waals surface area contributed by atoms with Gasteiger partial charge in [0, 0.05) is 46.8 Å². The van der Waals surface area contributed by atoms with E-state index in [9.17, 15) is 4.79 Å². The zero-order valence-corrected chi connectivity index (χ0v) is 11.4. The summed E-state index contributed by atoms with van der Waals surface area (Å²) in [5.74, 6) is -0.675. The topological polar surface area (TPSA) is 37.3 Å². The molecule has 0 unspecified atom stereocenters. The van der Waals surface area contributed by atoms with E-state index in [4.69, 9.17) is 5.11 Å². The first-order valence-electron chi connectivity index (χ1n) is 4.63. The molecule has 0 aliphatic rings. The Balaban J connectivity index is 0. The van der Waals surface area contributed by atoms with Crippen LogP contribution < -0.4 is 0 Å². The number of hydrogen-bond donors (Lipinski definition) is 1. The molecule has 0 aliphatic heterocycles. The molecule has 13 heavy (non-hydrogen) atoms. The summed E-state index contributed by atoms with van der Waals surface area (Å²) in [5.41, 5.74) is 0.392. The molecule has 0 rings (SSSR count). The summed E-state index contributed by atoms with van der Waals surface area (Å²) in [6.07, 6.45) is 4.53. The molecule has 78 valence electrons. The fourth-order valence-electron chi connectivity index (χ4n) is 1.11. The van der Waals surface area contributed by atoms with Crippen molar-refractivity contribution in [1.82, 2.24) is 0 Å². The van der Waals surface area contributed by atoms with Gasteiger partial charge in [0.05, 0.1) is 0 Å². The van der Waals surface area contributed by atoms with Crippen LogP contribution in [0.4, 0.5) is 0 Å². The van der Waals surface area contributed by atoms with Gasteiger partial charge in [0.1, 0.15) is 0 Å². The Morgan fingerprint density at radius 1 is 1.15 bits per heavy atom. The molecule has 0 amide bonds. The van der Waals surface area contributed by atoms with Gasteiger partial charge in [0.25, 0.3) is 0 Å². The van der Waals surface area contributed by atoms with E-state index in [1.807, 2.05) is 0 Å². The molecule has 0 fully saturated rings. The van der Waals surface area contributed by atoms with Gasteiger partial charge in [-0.15, -0.1) is 0 Å². The number of carboxylic acid groups (broad SMARTS) is 1. The predicted molar refractivity (Wildman–Crippen MR) is 50.2 cm³/mol. The van der Waals surface area contributed by atoms with Gasteiger partial charge in [-0.3, -0.25) is 4.79 Å². The summed E-state index contributed by atoms with van der Waals surface area (Å²) in [4.78, 5) is 10.2. The molecule has 0 spiro atoms. The Kier molecular flexibility index (Phi) is 10.2. The standard InChI is InChI=1S/C10H20O2.Sm/c1-10(2,3)8-6-4-5-7-9(11)12;/h4-8H2,1-3H3,(H,11,12);. The number of aliphatic carboxylic acids is 1. The maximum atomic E-state index is 10.2. The molecule has 0 aromatic carbocycles. The van der Waals surface area contributed by atoms with Crippen LogP contribution in [0.15, 0.2) is 0 Å². The molecule has 0 heterocycles. The molecular formula is C10H20O2Sm. The number of hydrogen-bond acceptors (Lipinski definition) is 1. The van der Waals surface area contributed by atoms with Crippen molar-refractivity contribution >= 4 is 5.97 Å². The van der Waals surface area contributed by atoms with Crippen LogP contribution >= 0.6 is 0 Å². The Morgan fingerprint density at radius 3 is 2.08 bits per heavy atom. The SMILES string of the molecule is CC(C)(C)CCCCCC(=O)O.[Sm]. The van der Waals surface area contributed by atoms with Crippen LogP contribution in [0.25, 0.3) is 0 Å². The molecule has 0 atom stereocenters. The third kappa shape index (κ3) is 15.6. The number of unbranched alkanes of at least 4 members (excludes halogenated alkanes) is 2. The molecule has 2 nitrogen and oxygen atoms in total. The summed E-state index contributed by atoms with van der Waals surface area (Å²) in [5, 5.41) is 8.37. The van der Waals surface area contributed by atoms with Gasteiger partial charge >= 0.3 is 5.97 Å². The maximum Gasteiger partial charge on any atom is 0.303 e. The summed E-state index contributed by atoms with van der Waals surface area (Å²) < 4.78 is 0. The van der Waals surface area contributed by atoms with Crippen molar-refractivity contribution in [1.29, 1.82) is 0 Å². The van der Waals surface area contributed by atoms with Gasteiger partial charge in [-0.1, -0.05) is 33.6 Å². The predicted octanol–water partition coefficient (Wildman–Crippen LogP) is 3.07. The zero-order valence-electron chi connectivity index (χ0n) is 8.80. The second kappa shape index (κ2) is 8.14. The van der Waals surface area contributed by atoms with Crippen molar-refractivity contribution < 1.29 is 50.3 Å². The second-order valence-electron chi connectivity index (χ2n) is 4.52. The third-order valence-corrected chi connectivity index (χ3v) is 1.82. The van der Waals surface area contributed by atoms with Crippen LogP contribution in [-0.2, 0) is 4.79 Å². The molecular weight excluding hydrogens is 302 g/mol. The smallest absolute Gasteiger partial charge is 0.303 e. The van der Waals surface area contributed by atoms with Crippen LogP contribution in [0.3, 0.4) is 0 Å². The molecule has 0 aromatic heterocycles. The van der Waals surface area contributed by atoms with Crippen LogP contribution in [0.5, 0.6) is 0 Å². The number of carboxylic acids is 1. The first kappa shape index (κ1) is 16.2. The van der Waals surface area contributed by atoms with Gasteiger partial charge in [-0.25, -0.2) is 0 Å². The summed E-state index contributed by atoms with van der Waals surface area (Å²) in [6, 6.07) is 0. The Bertz CT molecular complexity index is 138. The van der Waals surface area contributed by atoms with E-state index >= 15 is 0 Å². The fraction of sp³-hybridized carbons (Fsp3) is 0.900. The van der Waals surface area contributed by atoms with E-state index in [0.717, 1.165) is 19.3 Å². The molecule has 1 N–H and O–H groups in total. The van der Waals surface area contributed by atoms with E-state index in [1.165, 1.54) is 6.42 Å². The molecule has 0 radical (unpaired) electrons. The van der Waals surface area contributed by atoms with E-state index in [-0.39, 0.29) is 40.4 Å². The van der Waals surface area contributed by atoms with Crippen molar-refractivity contribution in [3.8, 4) is 0 Å². The zero-order chi connectivity index (χ0) is 9.61. The summed E-state index contributed by atoms with van der Waals surface area (Å²) in [7, 11) is 0. The van der Waals surface area contributed by atoms with Gasteiger partial charge in [-0.2, -0.15) is 0 Å². The largest absolute Gasteiger partial charge is 0.481 e.